The van der Waals surface area contributed by atoms with E-state index in [0.29, 0.717) is 47.6 Å². The number of hydrogen-bond donors (Lipinski definition) is 2. The zero-order valence-electron chi connectivity index (χ0n) is 22.4. The van der Waals surface area contributed by atoms with E-state index in [-0.39, 0.29) is 4.90 Å². The van der Waals surface area contributed by atoms with E-state index < -0.39 is 15.6 Å². The Morgan fingerprint density at radius 1 is 0.900 bits per heavy atom. The molecule has 0 unspecified atom stereocenters. The quantitative estimate of drug-likeness (QED) is 0.324. The van der Waals surface area contributed by atoms with Gasteiger partial charge in [0.1, 0.15) is 11.6 Å². The van der Waals surface area contributed by atoms with Crippen LogP contribution in [0, 0.1) is 0 Å². The lowest BCUT2D eigenvalue weighted by Crippen LogP contribution is -2.45. The lowest BCUT2D eigenvalue weighted by Gasteiger charge is -2.38. The van der Waals surface area contributed by atoms with E-state index in [0.717, 1.165) is 37.0 Å². The highest BCUT2D eigenvalue weighted by Gasteiger charge is 2.39. The van der Waals surface area contributed by atoms with Gasteiger partial charge in [-0.2, -0.15) is 4.98 Å². The highest BCUT2D eigenvalue weighted by molar-refractivity contribution is 7.90. The molecule has 208 valence electrons. The third kappa shape index (κ3) is 5.27. The number of sulfone groups is 1. The Labute approximate surface area is 233 Å². The van der Waals surface area contributed by atoms with Crippen LogP contribution in [-0.2, 0) is 19.3 Å². The Bertz CT molecular complexity index is 1650. The van der Waals surface area contributed by atoms with Crippen LogP contribution < -0.4 is 20.3 Å². The van der Waals surface area contributed by atoms with Crippen LogP contribution in [0.3, 0.4) is 0 Å². The number of methoxy groups -OCH3 is 1. The predicted molar refractivity (Wildman–Crippen MR) is 155 cm³/mol. The first-order valence-electron chi connectivity index (χ1n) is 13.1. The number of piperidine rings is 1. The standard InChI is InChI=1S/C29H31N5O5S/c1-37-25-19-20(34-15-13-29(14-16-34)38-17-18-39-29)11-12-23(25)32-28-31-22-8-4-3-7-21(22)27(33-28)30-24-9-5-6-10-26(24)40(2,35)36/h3-12,19H,13-18H2,1-2H3,(H2,30,31,32,33). The third-order valence-electron chi connectivity index (χ3n) is 7.28. The lowest BCUT2D eigenvalue weighted by atomic mass is 10.0. The maximum Gasteiger partial charge on any atom is 0.229 e. The minimum Gasteiger partial charge on any atom is -0.494 e. The van der Waals surface area contributed by atoms with E-state index in [4.69, 9.17) is 24.2 Å². The smallest absolute Gasteiger partial charge is 0.229 e. The zero-order chi connectivity index (χ0) is 27.7. The molecule has 3 aromatic carbocycles. The highest BCUT2D eigenvalue weighted by Crippen LogP contribution is 2.37. The first kappa shape index (κ1) is 26.3. The molecule has 0 radical (unpaired) electrons. The van der Waals surface area contributed by atoms with Crippen molar-refractivity contribution in [3.05, 3.63) is 66.7 Å². The van der Waals surface area contributed by atoms with Crippen LogP contribution in [0.5, 0.6) is 5.75 Å². The molecule has 6 rings (SSSR count). The number of benzene rings is 3. The maximum absolute atomic E-state index is 12.4. The molecule has 0 atom stereocenters. The largest absolute Gasteiger partial charge is 0.494 e. The molecule has 0 bridgehead atoms. The van der Waals surface area contributed by atoms with Crippen molar-refractivity contribution in [3.8, 4) is 5.75 Å². The predicted octanol–water partition coefficient (Wildman–Crippen LogP) is 4.87. The van der Waals surface area contributed by atoms with Gasteiger partial charge in [0.25, 0.3) is 0 Å². The van der Waals surface area contributed by atoms with E-state index >= 15 is 0 Å². The summed E-state index contributed by atoms with van der Waals surface area (Å²) in [7, 11) is -1.82. The molecule has 1 aromatic heterocycles. The van der Waals surface area contributed by atoms with Crippen molar-refractivity contribution in [2.45, 2.75) is 23.5 Å². The molecule has 10 nitrogen and oxygen atoms in total. The molecular weight excluding hydrogens is 530 g/mol. The van der Waals surface area contributed by atoms with Crippen molar-refractivity contribution in [2.24, 2.45) is 0 Å². The molecular formula is C29H31N5O5S. The Balaban J connectivity index is 1.28. The Kier molecular flexibility index (Phi) is 6.95. The monoisotopic (exact) mass is 561 g/mol. The van der Waals surface area contributed by atoms with E-state index in [9.17, 15) is 8.42 Å². The van der Waals surface area contributed by atoms with Gasteiger partial charge in [-0.3, -0.25) is 0 Å². The molecule has 40 heavy (non-hydrogen) atoms. The topological polar surface area (TPSA) is 115 Å². The van der Waals surface area contributed by atoms with Gasteiger partial charge in [0.2, 0.25) is 5.95 Å². The fourth-order valence-electron chi connectivity index (χ4n) is 5.24. The van der Waals surface area contributed by atoms with Gasteiger partial charge < -0.3 is 29.7 Å². The molecule has 2 N–H and O–H groups in total. The van der Waals surface area contributed by atoms with Gasteiger partial charge in [-0.05, 0) is 36.4 Å². The normalized spacial score (nSPS) is 16.8. The number of aromatic nitrogens is 2. The fourth-order valence-corrected chi connectivity index (χ4v) is 6.08. The molecule has 1 spiro atoms. The summed E-state index contributed by atoms with van der Waals surface area (Å²) in [6.07, 6.45) is 2.82. The summed E-state index contributed by atoms with van der Waals surface area (Å²) in [4.78, 5) is 11.9. The number of hydrogen-bond acceptors (Lipinski definition) is 10. The van der Waals surface area contributed by atoms with Gasteiger partial charge in [-0.25, -0.2) is 13.4 Å². The second kappa shape index (κ2) is 10.6. The van der Waals surface area contributed by atoms with Gasteiger partial charge in [-0.1, -0.05) is 24.3 Å². The molecule has 3 heterocycles. The second-order valence-electron chi connectivity index (χ2n) is 9.91. The van der Waals surface area contributed by atoms with E-state index in [1.165, 1.54) is 6.26 Å². The molecule has 11 heteroatoms. The van der Waals surface area contributed by atoms with Crippen molar-refractivity contribution < 1.29 is 22.6 Å². The third-order valence-corrected chi connectivity index (χ3v) is 8.43. The number of nitrogens with one attached hydrogen (secondary N) is 2. The van der Waals surface area contributed by atoms with Gasteiger partial charge >= 0.3 is 0 Å². The van der Waals surface area contributed by atoms with Crippen molar-refractivity contribution in [1.29, 1.82) is 0 Å². The summed E-state index contributed by atoms with van der Waals surface area (Å²) in [5.74, 6) is 1.06. The molecule has 0 aliphatic carbocycles. The second-order valence-corrected chi connectivity index (χ2v) is 11.9. The summed E-state index contributed by atoms with van der Waals surface area (Å²) in [6.45, 7) is 2.97. The van der Waals surface area contributed by atoms with Crippen LogP contribution in [0.2, 0.25) is 0 Å². The number of para-hydroxylation sites is 2. The highest BCUT2D eigenvalue weighted by atomic mass is 32.2. The number of ether oxygens (including phenoxy) is 3. The molecule has 4 aromatic rings. The van der Waals surface area contributed by atoms with Crippen molar-refractivity contribution in [3.63, 3.8) is 0 Å². The summed E-state index contributed by atoms with van der Waals surface area (Å²) in [5, 5.41) is 7.27. The maximum atomic E-state index is 12.4. The van der Waals surface area contributed by atoms with Crippen LogP contribution in [0.15, 0.2) is 71.6 Å². The average molecular weight is 562 g/mol. The van der Waals surface area contributed by atoms with Crippen LogP contribution in [0.25, 0.3) is 10.9 Å². The van der Waals surface area contributed by atoms with Crippen molar-refractivity contribution >= 4 is 49.6 Å². The van der Waals surface area contributed by atoms with E-state index in [1.807, 2.05) is 42.5 Å². The molecule has 0 saturated carbocycles. The first-order chi connectivity index (χ1) is 19.3. The fraction of sp³-hybridized carbons (Fsp3) is 0.310. The molecule has 2 fully saturated rings. The number of anilines is 5. The van der Waals surface area contributed by atoms with Gasteiger partial charge in [-0.15, -0.1) is 0 Å². The number of nitrogens with zero attached hydrogens (tertiary/aromatic N) is 3. The van der Waals surface area contributed by atoms with Crippen LogP contribution in [-0.4, -0.2) is 63.8 Å². The first-order valence-corrected chi connectivity index (χ1v) is 15.0. The van der Waals surface area contributed by atoms with Crippen LogP contribution in [0.1, 0.15) is 12.8 Å². The summed E-state index contributed by atoms with van der Waals surface area (Å²) < 4.78 is 42.2. The summed E-state index contributed by atoms with van der Waals surface area (Å²) >= 11 is 0. The van der Waals surface area contributed by atoms with Crippen LogP contribution in [0.4, 0.5) is 28.8 Å². The lowest BCUT2D eigenvalue weighted by molar-refractivity contribution is -0.169. The van der Waals surface area contributed by atoms with Crippen molar-refractivity contribution in [2.75, 3.05) is 55.2 Å². The number of rotatable bonds is 7. The van der Waals surface area contributed by atoms with E-state index in [1.54, 1.807) is 31.4 Å². The Morgan fingerprint density at radius 3 is 2.38 bits per heavy atom. The Morgan fingerprint density at radius 2 is 1.62 bits per heavy atom. The van der Waals surface area contributed by atoms with E-state index in [2.05, 4.69) is 15.5 Å². The van der Waals surface area contributed by atoms with Crippen molar-refractivity contribution in [1.82, 2.24) is 9.97 Å². The molecule has 2 saturated heterocycles. The number of fused-ring (bicyclic) bond motifs is 1. The Hall–Kier alpha value is -3.93. The summed E-state index contributed by atoms with van der Waals surface area (Å²) in [5.41, 5.74) is 2.90. The van der Waals surface area contributed by atoms with Gasteiger partial charge in [0.05, 0.1) is 42.1 Å². The molecule has 2 aliphatic rings. The minimum atomic E-state index is -3.45. The van der Waals surface area contributed by atoms with Gasteiger partial charge in [0, 0.05) is 49.3 Å². The van der Waals surface area contributed by atoms with Crippen LogP contribution >= 0.6 is 0 Å². The minimum absolute atomic E-state index is 0.194. The molecule has 0 amide bonds. The average Bonchev–Trinajstić information content (AvgIpc) is 3.41. The SMILES string of the molecule is COc1cc(N2CCC3(CC2)OCCO3)ccc1Nc1nc(Nc2ccccc2S(C)(=O)=O)c2ccccc2n1. The summed E-state index contributed by atoms with van der Waals surface area (Å²) in [6, 6.07) is 20.3. The molecule has 2 aliphatic heterocycles. The zero-order valence-corrected chi connectivity index (χ0v) is 23.2. The van der Waals surface area contributed by atoms with Gasteiger partial charge in [0.15, 0.2) is 15.6 Å².